The second kappa shape index (κ2) is 6.90. The zero-order valence-corrected chi connectivity index (χ0v) is 10.3. The van der Waals surface area contributed by atoms with E-state index in [1.165, 1.54) is 32.2 Å². The summed E-state index contributed by atoms with van der Waals surface area (Å²) >= 11 is 0. The molecule has 0 radical (unpaired) electrons. The van der Waals surface area contributed by atoms with E-state index in [-0.39, 0.29) is 0 Å². The summed E-state index contributed by atoms with van der Waals surface area (Å²) < 4.78 is 0. The van der Waals surface area contributed by atoms with Gasteiger partial charge in [0.05, 0.1) is 0 Å². The SMILES string of the molecule is C#CCC(CC)NCC1CCCC(C)C1. The van der Waals surface area contributed by atoms with E-state index in [1.54, 1.807) is 0 Å². The Morgan fingerprint density at radius 1 is 1.47 bits per heavy atom. The molecule has 0 aromatic heterocycles. The van der Waals surface area contributed by atoms with Crippen LogP contribution in [0.5, 0.6) is 0 Å². The third-order valence-electron chi connectivity index (χ3n) is 3.60. The monoisotopic (exact) mass is 207 g/mol. The normalized spacial score (nSPS) is 28.3. The molecule has 1 fully saturated rings. The summed E-state index contributed by atoms with van der Waals surface area (Å²) in [6.07, 6.45) is 13.0. The van der Waals surface area contributed by atoms with Crippen molar-refractivity contribution >= 4 is 0 Å². The molecule has 0 aromatic rings. The zero-order valence-electron chi connectivity index (χ0n) is 10.3. The van der Waals surface area contributed by atoms with Gasteiger partial charge in [-0.25, -0.2) is 0 Å². The first kappa shape index (κ1) is 12.6. The lowest BCUT2D eigenvalue weighted by Gasteiger charge is -2.28. The quantitative estimate of drug-likeness (QED) is 0.683. The van der Waals surface area contributed by atoms with E-state index in [2.05, 4.69) is 25.1 Å². The van der Waals surface area contributed by atoms with E-state index in [1.807, 2.05) is 0 Å². The number of hydrogen-bond donors (Lipinski definition) is 1. The summed E-state index contributed by atoms with van der Waals surface area (Å²) in [5.41, 5.74) is 0. The number of hydrogen-bond acceptors (Lipinski definition) is 1. The second-order valence-corrected chi connectivity index (χ2v) is 5.06. The minimum absolute atomic E-state index is 0.534. The average Bonchev–Trinajstić information content (AvgIpc) is 2.24. The van der Waals surface area contributed by atoms with Crippen molar-refractivity contribution in [3.8, 4) is 12.3 Å². The predicted molar refractivity (Wildman–Crippen MR) is 66.7 cm³/mol. The minimum atomic E-state index is 0.534. The van der Waals surface area contributed by atoms with Crippen molar-refractivity contribution in [1.29, 1.82) is 0 Å². The molecule has 0 aromatic carbocycles. The molecule has 3 atom stereocenters. The van der Waals surface area contributed by atoms with Crippen LogP contribution in [0.4, 0.5) is 0 Å². The molecule has 0 amide bonds. The molecule has 86 valence electrons. The first-order valence-electron chi connectivity index (χ1n) is 6.43. The fourth-order valence-corrected chi connectivity index (χ4v) is 2.58. The fourth-order valence-electron chi connectivity index (χ4n) is 2.58. The van der Waals surface area contributed by atoms with Crippen LogP contribution in [0.15, 0.2) is 0 Å². The first-order valence-corrected chi connectivity index (χ1v) is 6.43. The highest BCUT2D eigenvalue weighted by atomic mass is 14.9. The van der Waals surface area contributed by atoms with Gasteiger partial charge in [-0.2, -0.15) is 0 Å². The Balaban J connectivity index is 2.20. The smallest absolute Gasteiger partial charge is 0.0240 e. The highest BCUT2D eigenvalue weighted by Crippen LogP contribution is 2.28. The lowest BCUT2D eigenvalue weighted by Crippen LogP contribution is -2.34. The Bertz CT molecular complexity index is 204. The summed E-state index contributed by atoms with van der Waals surface area (Å²) in [6, 6.07) is 0.534. The van der Waals surface area contributed by atoms with Crippen LogP contribution in [-0.2, 0) is 0 Å². The minimum Gasteiger partial charge on any atom is -0.313 e. The average molecular weight is 207 g/mol. The van der Waals surface area contributed by atoms with E-state index in [4.69, 9.17) is 6.42 Å². The Labute approximate surface area is 95.0 Å². The maximum absolute atomic E-state index is 5.35. The molecule has 0 saturated heterocycles. The fraction of sp³-hybridized carbons (Fsp3) is 0.857. The number of terminal acetylenes is 1. The summed E-state index contributed by atoms with van der Waals surface area (Å²) in [5, 5.41) is 3.62. The third-order valence-corrected chi connectivity index (χ3v) is 3.60. The van der Waals surface area contributed by atoms with E-state index >= 15 is 0 Å². The molecule has 0 heterocycles. The van der Waals surface area contributed by atoms with Gasteiger partial charge in [0.2, 0.25) is 0 Å². The molecule has 1 heteroatoms. The topological polar surface area (TPSA) is 12.0 Å². The molecule has 15 heavy (non-hydrogen) atoms. The van der Waals surface area contributed by atoms with Crippen LogP contribution in [0, 0.1) is 24.2 Å². The highest BCUT2D eigenvalue weighted by Gasteiger charge is 2.19. The van der Waals surface area contributed by atoms with Crippen LogP contribution in [0.3, 0.4) is 0 Å². The van der Waals surface area contributed by atoms with Gasteiger partial charge in [0, 0.05) is 12.5 Å². The van der Waals surface area contributed by atoms with Crippen molar-refractivity contribution in [2.45, 2.75) is 58.4 Å². The Kier molecular flexibility index (Phi) is 5.79. The predicted octanol–water partition coefficient (Wildman–Crippen LogP) is 3.20. The van der Waals surface area contributed by atoms with E-state index in [0.29, 0.717) is 6.04 Å². The Morgan fingerprint density at radius 2 is 2.27 bits per heavy atom. The molecule has 1 nitrogen and oxygen atoms in total. The van der Waals surface area contributed by atoms with E-state index in [9.17, 15) is 0 Å². The van der Waals surface area contributed by atoms with Crippen LogP contribution < -0.4 is 5.32 Å². The van der Waals surface area contributed by atoms with Gasteiger partial charge in [-0.15, -0.1) is 12.3 Å². The summed E-state index contributed by atoms with van der Waals surface area (Å²) in [4.78, 5) is 0. The van der Waals surface area contributed by atoms with Crippen molar-refractivity contribution in [2.75, 3.05) is 6.54 Å². The van der Waals surface area contributed by atoms with Crippen molar-refractivity contribution < 1.29 is 0 Å². The van der Waals surface area contributed by atoms with Crippen molar-refractivity contribution in [3.05, 3.63) is 0 Å². The Morgan fingerprint density at radius 3 is 2.87 bits per heavy atom. The molecule has 1 aliphatic rings. The van der Waals surface area contributed by atoms with Gasteiger partial charge in [0.1, 0.15) is 0 Å². The van der Waals surface area contributed by atoms with Crippen LogP contribution >= 0.6 is 0 Å². The summed E-state index contributed by atoms with van der Waals surface area (Å²) in [7, 11) is 0. The van der Waals surface area contributed by atoms with Gasteiger partial charge in [-0.05, 0) is 37.6 Å². The first-order chi connectivity index (χ1) is 7.26. The molecule has 0 aliphatic heterocycles. The van der Waals surface area contributed by atoms with Crippen LogP contribution in [0.2, 0.25) is 0 Å². The molecule has 0 bridgehead atoms. The lowest BCUT2D eigenvalue weighted by atomic mass is 9.82. The Hall–Kier alpha value is -0.480. The number of rotatable bonds is 5. The van der Waals surface area contributed by atoms with Gasteiger partial charge >= 0.3 is 0 Å². The van der Waals surface area contributed by atoms with Crippen molar-refractivity contribution in [2.24, 2.45) is 11.8 Å². The molecule has 1 rings (SSSR count). The highest BCUT2D eigenvalue weighted by molar-refractivity contribution is 4.89. The van der Waals surface area contributed by atoms with E-state index < -0.39 is 0 Å². The van der Waals surface area contributed by atoms with Crippen molar-refractivity contribution in [1.82, 2.24) is 5.32 Å². The van der Waals surface area contributed by atoms with Gasteiger partial charge < -0.3 is 5.32 Å². The zero-order chi connectivity index (χ0) is 11.1. The maximum Gasteiger partial charge on any atom is 0.0240 e. The summed E-state index contributed by atoms with van der Waals surface area (Å²) in [6.45, 7) is 5.76. The molecular weight excluding hydrogens is 182 g/mol. The summed E-state index contributed by atoms with van der Waals surface area (Å²) in [5.74, 6) is 4.57. The number of nitrogens with one attached hydrogen (secondary N) is 1. The van der Waals surface area contributed by atoms with E-state index in [0.717, 1.165) is 24.7 Å². The second-order valence-electron chi connectivity index (χ2n) is 5.06. The molecule has 3 unspecified atom stereocenters. The maximum atomic E-state index is 5.35. The standard InChI is InChI=1S/C14H25N/c1-4-7-14(5-2)15-11-13-9-6-8-12(3)10-13/h1,12-15H,5-11H2,2-3H3. The van der Waals surface area contributed by atoms with Gasteiger partial charge in [0.15, 0.2) is 0 Å². The molecule has 1 N–H and O–H groups in total. The molecule has 1 aliphatic carbocycles. The third kappa shape index (κ3) is 4.71. The van der Waals surface area contributed by atoms with Crippen LogP contribution in [-0.4, -0.2) is 12.6 Å². The lowest BCUT2D eigenvalue weighted by molar-refractivity contribution is 0.266. The molecule has 1 saturated carbocycles. The van der Waals surface area contributed by atoms with Crippen LogP contribution in [0.25, 0.3) is 0 Å². The molecular formula is C14H25N. The molecule has 0 spiro atoms. The van der Waals surface area contributed by atoms with Crippen molar-refractivity contribution in [3.63, 3.8) is 0 Å². The largest absolute Gasteiger partial charge is 0.313 e. The van der Waals surface area contributed by atoms with Gasteiger partial charge in [0.25, 0.3) is 0 Å². The van der Waals surface area contributed by atoms with Gasteiger partial charge in [-0.3, -0.25) is 0 Å². The van der Waals surface area contributed by atoms with Crippen LogP contribution in [0.1, 0.15) is 52.4 Å². The van der Waals surface area contributed by atoms with Gasteiger partial charge in [-0.1, -0.05) is 26.7 Å².